The Hall–Kier alpha value is -0.960. The molecule has 0 aromatic rings. The average molecular weight is 674 g/mol. The first-order valence-corrected chi connectivity index (χ1v) is 21.1. The molecule has 7 nitrogen and oxygen atoms in total. The molecule has 0 saturated carbocycles. The molecule has 0 fully saturated rings. The summed E-state index contributed by atoms with van der Waals surface area (Å²) < 4.78 is 32.4. The van der Waals surface area contributed by atoms with Gasteiger partial charge in [-0.2, -0.15) is 8.42 Å². The van der Waals surface area contributed by atoms with Crippen LogP contribution in [0, 0.1) is 0 Å². The predicted octanol–water partition coefficient (Wildman–Crippen LogP) is 9.99. The summed E-state index contributed by atoms with van der Waals surface area (Å²) in [5.74, 6) is -1.45. The molecule has 0 radical (unpaired) electrons. The first kappa shape index (κ1) is 45.0. The molecule has 0 heterocycles. The van der Waals surface area contributed by atoms with Gasteiger partial charge in [-0.25, -0.2) is 0 Å². The first-order valence-electron chi connectivity index (χ1n) is 19.5. The van der Waals surface area contributed by atoms with Crippen LogP contribution in [-0.2, 0) is 14.9 Å². The van der Waals surface area contributed by atoms with Crippen LogP contribution in [0.1, 0.15) is 200 Å². The predicted molar refractivity (Wildman–Crippen MR) is 195 cm³/mol. The maximum atomic E-state index is 12.6. The normalized spacial score (nSPS) is 14.1. The summed E-state index contributed by atoms with van der Waals surface area (Å²) in [6.45, 7) is 4.48. The zero-order valence-electron chi connectivity index (χ0n) is 30.1. The first-order chi connectivity index (χ1) is 22.2. The molecule has 0 rings (SSSR count). The van der Waals surface area contributed by atoms with E-state index in [-0.39, 0.29) is 0 Å². The molecular formula is C38H75NO6S. The van der Waals surface area contributed by atoms with Crippen molar-refractivity contribution in [3.63, 3.8) is 0 Å². The van der Waals surface area contributed by atoms with Crippen LogP contribution in [0.4, 0.5) is 0 Å². The van der Waals surface area contributed by atoms with Crippen molar-refractivity contribution in [2.75, 3.05) is 5.75 Å². The van der Waals surface area contributed by atoms with E-state index in [0.717, 1.165) is 44.9 Å². The number of hydrogen-bond acceptors (Lipinski definition) is 5. The van der Waals surface area contributed by atoms with Crippen molar-refractivity contribution in [3.05, 3.63) is 12.2 Å². The zero-order valence-corrected chi connectivity index (χ0v) is 30.9. The Morgan fingerprint density at radius 3 is 1.30 bits per heavy atom. The van der Waals surface area contributed by atoms with Crippen LogP contribution in [0.25, 0.3) is 0 Å². The topological polar surface area (TPSA) is 124 Å². The minimum Gasteiger partial charge on any atom is -0.391 e. The molecule has 0 aliphatic carbocycles. The molecule has 46 heavy (non-hydrogen) atoms. The number of carbonyl (C=O) groups excluding carboxylic acids is 1. The van der Waals surface area contributed by atoms with Gasteiger partial charge in [-0.15, -0.1) is 0 Å². The number of hydrogen-bond donors (Lipinski definition) is 4. The van der Waals surface area contributed by atoms with Gasteiger partial charge in [0.15, 0.2) is 0 Å². The molecule has 1 amide bonds. The highest BCUT2D eigenvalue weighted by molar-refractivity contribution is 7.85. The van der Waals surface area contributed by atoms with Crippen molar-refractivity contribution in [3.8, 4) is 0 Å². The van der Waals surface area contributed by atoms with Gasteiger partial charge in [-0.3, -0.25) is 9.35 Å². The summed E-state index contributed by atoms with van der Waals surface area (Å²) in [5, 5.41) is 23.4. The van der Waals surface area contributed by atoms with Gasteiger partial charge in [0.25, 0.3) is 10.1 Å². The molecule has 0 aliphatic rings. The van der Waals surface area contributed by atoms with Crippen LogP contribution < -0.4 is 5.32 Å². The molecule has 0 aromatic heterocycles. The average Bonchev–Trinajstić information content (AvgIpc) is 3.01. The SMILES string of the molecule is CCCCCCCCCCC/C=C\CCCCCCCCC(O)C(=O)NC(CS(=O)(=O)O)C(O)CCCCCCCCCCCC. The maximum Gasteiger partial charge on any atom is 0.266 e. The Labute approximate surface area is 284 Å². The number of aliphatic hydroxyl groups excluding tert-OH is 2. The van der Waals surface area contributed by atoms with Gasteiger partial charge < -0.3 is 15.5 Å². The third kappa shape index (κ3) is 31.6. The molecule has 0 saturated heterocycles. The Balaban J connectivity index is 3.96. The zero-order chi connectivity index (χ0) is 34.1. The fourth-order valence-electron chi connectivity index (χ4n) is 6.04. The van der Waals surface area contributed by atoms with E-state index in [1.165, 1.54) is 116 Å². The van der Waals surface area contributed by atoms with E-state index in [9.17, 15) is 28.0 Å². The Bertz CT molecular complexity index is 803. The summed E-state index contributed by atoms with van der Waals surface area (Å²) >= 11 is 0. The largest absolute Gasteiger partial charge is 0.391 e. The van der Waals surface area contributed by atoms with Crippen molar-refractivity contribution < 1.29 is 28.0 Å². The lowest BCUT2D eigenvalue weighted by Crippen LogP contribution is -2.50. The number of rotatable bonds is 35. The van der Waals surface area contributed by atoms with Crippen LogP contribution in [-0.4, -0.2) is 53.1 Å². The molecule has 0 bridgehead atoms. The summed E-state index contributed by atoms with van der Waals surface area (Å²) in [6, 6.07) is -1.14. The molecule has 3 unspecified atom stereocenters. The van der Waals surface area contributed by atoms with E-state index < -0.39 is 40.0 Å². The van der Waals surface area contributed by atoms with E-state index in [4.69, 9.17) is 0 Å². The lowest BCUT2D eigenvalue weighted by molar-refractivity contribution is -0.131. The number of allylic oxidation sites excluding steroid dienone is 2. The minimum absolute atomic E-state index is 0.292. The third-order valence-corrected chi connectivity index (χ3v) is 9.86. The summed E-state index contributed by atoms with van der Waals surface area (Å²) in [4.78, 5) is 12.6. The summed E-state index contributed by atoms with van der Waals surface area (Å²) in [7, 11) is -4.40. The lowest BCUT2D eigenvalue weighted by atomic mass is 10.0. The minimum atomic E-state index is -4.40. The smallest absolute Gasteiger partial charge is 0.266 e. The highest BCUT2D eigenvalue weighted by atomic mass is 32.2. The number of nitrogens with one attached hydrogen (secondary N) is 1. The Morgan fingerprint density at radius 1 is 0.565 bits per heavy atom. The van der Waals surface area contributed by atoms with Crippen molar-refractivity contribution >= 4 is 16.0 Å². The maximum absolute atomic E-state index is 12.6. The van der Waals surface area contributed by atoms with E-state index in [1.54, 1.807) is 0 Å². The van der Waals surface area contributed by atoms with E-state index in [2.05, 4.69) is 31.3 Å². The number of amides is 1. The fourth-order valence-corrected chi connectivity index (χ4v) is 6.80. The number of carbonyl (C=O) groups is 1. The molecular weight excluding hydrogens is 598 g/mol. The van der Waals surface area contributed by atoms with Crippen molar-refractivity contribution in [1.29, 1.82) is 0 Å². The van der Waals surface area contributed by atoms with Gasteiger partial charge in [0.1, 0.15) is 6.10 Å². The second kappa shape index (κ2) is 32.6. The van der Waals surface area contributed by atoms with Gasteiger partial charge in [0.05, 0.1) is 17.9 Å². The molecule has 0 aliphatic heterocycles. The summed E-state index contributed by atoms with van der Waals surface area (Å²) in [5.41, 5.74) is 0. The monoisotopic (exact) mass is 674 g/mol. The molecule has 0 spiro atoms. The quantitative estimate of drug-likeness (QED) is 0.0302. The van der Waals surface area contributed by atoms with Crippen LogP contribution in [0.15, 0.2) is 12.2 Å². The molecule has 4 N–H and O–H groups in total. The standard InChI is InChI=1S/C38H75NO6S/c1-3-5-7-9-11-13-15-16-17-18-19-20-21-22-23-25-27-29-31-33-37(41)38(42)39-35(34-46(43,44)45)36(40)32-30-28-26-24-14-12-10-8-6-4-2/h19-20,35-37,40-41H,3-18,21-34H2,1-2H3,(H,39,42)(H,43,44,45)/b20-19-. The molecule has 8 heteroatoms. The fraction of sp³-hybridized carbons (Fsp3) is 0.921. The Kier molecular flexibility index (Phi) is 31.9. The van der Waals surface area contributed by atoms with Gasteiger partial charge in [-0.1, -0.05) is 174 Å². The van der Waals surface area contributed by atoms with E-state index in [0.29, 0.717) is 25.7 Å². The number of aliphatic hydroxyl groups is 2. The van der Waals surface area contributed by atoms with Crippen molar-refractivity contribution in [1.82, 2.24) is 5.32 Å². The van der Waals surface area contributed by atoms with Crippen LogP contribution in [0.3, 0.4) is 0 Å². The van der Waals surface area contributed by atoms with Crippen LogP contribution >= 0.6 is 0 Å². The van der Waals surface area contributed by atoms with Crippen LogP contribution in [0.5, 0.6) is 0 Å². The second-order valence-electron chi connectivity index (χ2n) is 13.7. The van der Waals surface area contributed by atoms with Crippen molar-refractivity contribution in [2.45, 2.75) is 218 Å². The van der Waals surface area contributed by atoms with Gasteiger partial charge in [-0.05, 0) is 38.5 Å². The third-order valence-electron chi connectivity index (χ3n) is 9.08. The number of unbranched alkanes of at least 4 members (excludes halogenated alkanes) is 24. The second-order valence-corrected chi connectivity index (χ2v) is 15.2. The van der Waals surface area contributed by atoms with E-state index >= 15 is 0 Å². The molecule has 274 valence electrons. The highest BCUT2D eigenvalue weighted by Crippen LogP contribution is 2.15. The van der Waals surface area contributed by atoms with E-state index in [1.807, 2.05) is 0 Å². The highest BCUT2D eigenvalue weighted by Gasteiger charge is 2.28. The molecule has 3 atom stereocenters. The van der Waals surface area contributed by atoms with Gasteiger partial charge >= 0.3 is 0 Å². The van der Waals surface area contributed by atoms with Gasteiger partial charge in [0.2, 0.25) is 5.91 Å². The molecule has 0 aromatic carbocycles. The van der Waals surface area contributed by atoms with Gasteiger partial charge in [0, 0.05) is 0 Å². The lowest BCUT2D eigenvalue weighted by Gasteiger charge is -2.24. The van der Waals surface area contributed by atoms with Crippen molar-refractivity contribution in [2.24, 2.45) is 0 Å². The van der Waals surface area contributed by atoms with Crippen LogP contribution in [0.2, 0.25) is 0 Å². The Morgan fingerprint density at radius 2 is 0.913 bits per heavy atom. The summed E-state index contributed by atoms with van der Waals surface area (Å²) in [6.07, 6.45) is 35.2.